The van der Waals surface area contributed by atoms with Crippen molar-refractivity contribution in [2.45, 2.75) is 40.2 Å². The summed E-state index contributed by atoms with van der Waals surface area (Å²) in [6, 6.07) is 13.7. The van der Waals surface area contributed by atoms with Gasteiger partial charge in [0.05, 0.1) is 0 Å². The Morgan fingerprint density at radius 2 is 1.59 bits per heavy atom. The van der Waals surface area contributed by atoms with E-state index in [0.717, 1.165) is 16.8 Å². The maximum atomic E-state index is 12.4. The van der Waals surface area contributed by atoms with Crippen LogP contribution in [0.2, 0.25) is 0 Å². The number of hydrogen-bond acceptors (Lipinski definition) is 2. The van der Waals surface area contributed by atoms with Gasteiger partial charge in [0.1, 0.15) is 5.75 Å². The molecule has 3 nitrogen and oxygen atoms in total. The molecule has 2 rings (SSSR count). The second kappa shape index (κ2) is 7.12. The maximum absolute atomic E-state index is 12.4. The quantitative estimate of drug-likeness (QED) is 0.888. The summed E-state index contributed by atoms with van der Waals surface area (Å²) in [6.45, 7) is 8.00. The summed E-state index contributed by atoms with van der Waals surface area (Å²) in [5.41, 5.74) is 4.24. The van der Waals surface area contributed by atoms with Crippen LogP contribution in [0.25, 0.3) is 0 Å². The van der Waals surface area contributed by atoms with Crippen LogP contribution in [0.3, 0.4) is 0 Å². The minimum atomic E-state index is -0.497. The second-order valence-corrected chi connectivity index (χ2v) is 5.69. The summed E-state index contributed by atoms with van der Waals surface area (Å²) in [4.78, 5) is 12.4. The van der Waals surface area contributed by atoms with Crippen molar-refractivity contribution in [3.63, 3.8) is 0 Å². The van der Waals surface area contributed by atoms with E-state index in [1.807, 2.05) is 64.1 Å². The molecule has 2 aromatic rings. The zero-order chi connectivity index (χ0) is 16.1. The number of anilines is 1. The van der Waals surface area contributed by atoms with Crippen molar-refractivity contribution in [1.82, 2.24) is 0 Å². The van der Waals surface area contributed by atoms with Crippen molar-refractivity contribution in [2.75, 3.05) is 5.32 Å². The van der Waals surface area contributed by atoms with Gasteiger partial charge in [-0.1, -0.05) is 30.7 Å². The van der Waals surface area contributed by atoms with E-state index in [2.05, 4.69) is 11.4 Å². The van der Waals surface area contributed by atoms with Crippen molar-refractivity contribution in [3.05, 3.63) is 59.2 Å². The lowest BCUT2D eigenvalue weighted by Gasteiger charge is -2.18. The molecular weight excluding hydrogens is 274 g/mol. The molecule has 0 aliphatic carbocycles. The van der Waals surface area contributed by atoms with Crippen LogP contribution in [-0.2, 0) is 4.79 Å². The number of rotatable bonds is 5. The van der Waals surface area contributed by atoms with Crippen LogP contribution >= 0.6 is 0 Å². The van der Waals surface area contributed by atoms with Crippen molar-refractivity contribution in [2.24, 2.45) is 0 Å². The van der Waals surface area contributed by atoms with Crippen molar-refractivity contribution in [3.8, 4) is 5.75 Å². The molecule has 22 heavy (non-hydrogen) atoms. The Morgan fingerprint density at radius 3 is 2.14 bits per heavy atom. The number of nitrogens with one attached hydrogen (secondary N) is 1. The molecule has 0 fully saturated rings. The van der Waals surface area contributed by atoms with Gasteiger partial charge < -0.3 is 10.1 Å². The van der Waals surface area contributed by atoms with E-state index in [-0.39, 0.29) is 5.91 Å². The van der Waals surface area contributed by atoms with Crippen LogP contribution in [0.15, 0.2) is 42.5 Å². The third kappa shape index (κ3) is 4.35. The number of carbonyl (C=O) groups is 1. The third-order valence-corrected chi connectivity index (χ3v) is 3.45. The fourth-order valence-corrected chi connectivity index (χ4v) is 2.37. The van der Waals surface area contributed by atoms with Gasteiger partial charge in [-0.2, -0.15) is 0 Å². The van der Waals surface area contributed by atoms with E-state index in [1.165, 1.54) is 5.56 Å². The minimum absolute atomic E-state index is 0.118. The van der Waals surface area contributed by atoms with Gasteiger partial charge in [0.15, 0.2) is 6.10 Å². The maximum Gasteiger partial charge on any atom is 0.265 e. The Hall–Kier alpha value is -2.29. The van der Waals surface area contributed by atoms with Gasteiger partial charge in [-0.3, -0.25) is 4.79 Å². The van der Waals surface area contributed by atoms with E-state index in [1.54, 1.807) is 0 Å². The van der Waals surface area contributed by atoms with Gasteiger partial charge in [-0.05, 0) is 62.6 Å². The van der Waals surface area contributed by atoms with Crippen LogP contribution in [-0.4, -0.2) is 12.0 Å². The molecular formula is C19H23NO2. The van der Waals surface area contributed by atoms with Gasteiger partial charge in [-0.15, -0.1) is 0 Å². The molecule has 1 amide bonds. The summed E-state index contributed by atoms with van der Waals surface area (Å²) >= 11 is 0. The molecule has 1 N–H and O–H groups in total. The number of hydrogen-bond donors (Lipinski definition) is 1. The molecule has 0 unspecified atom stereocenters. The summed E-state index contributed by atoms with van der Waals surface area (Å²) in [5.74, 6) is 0.598. The highest BCUT2D eigenvalue weighted by Gasteiger charge is 2.18. The number of carbonyl (C=O) groups excluding carboxylic acids is 1. The first kappa shape index (κ1) is 16.1. The predicted octanol–water partition coefficient (Wildman–Crippen LogP) is 4.41. The highest BCUT2D eigenvalue weighted by molar-refractivity contribution is 5.94. The number of benzene rings is 2. The molecule has 2 aromatic carbocycles. The Kier molecular flexibility index (Phi) is 5.21. The topological polar surface area (TPSA) is 38.3 Å². The normalized spacial score (nSPS) is 11.8. The lowest BCUT2D eigenvalue weighted by molar-refractivity contribution is -0.122. The van der Waals surface area contributed by atoms with Crippen LogP contribution in [0.5, 0.6) is 5.75 Å². The number of amides is 1. The van der Waals surface area contributed by atoms with Gasteiger partial charge in [0, 0.05) is 5.69 Å². The zero-order valence-corrected chi connectivity index (χ0v) is 13.6. The molecule has 0 saturated heterocycles. The SMILES string of the molecule is CC[C@H](Oc1ccc(C)cc1)C(=O)Nc1cc(C)cc(C)c1. The Bertz CT molecular complexity index is 627. The Morgan fingerprint density at radius 1 is 1.00 bits per heavy atom. The highest BCUT2D eigenvalue weighted by Crippen LogP contribution is 2.17. The van der Waals surface area contributed by atoms with Crippen LogP contribution in [0, 0.1) is 20.8 Å². The average Bonchev–Trinajstić information content (AvgIpc) is 2.45. The molecule has 0 spiro atoms. The van der Waals surface area contributed by atoms with Crippen LogP contribution in [0.4, 0.5) is 5.69 Å². The second-order valence-electron chi connectivity index (χ2n) is 5.69. The molecule has 0 aliphatic rings. The van der Waals surface area contributed by atoms with Crippen molar-refractivity contribution >= 4 is 11.6 Å². The first-order chi connectivity index (χ1) is 10.5. The number of aryl methyl sites for hydroxylation is 3. The fourth-order valence-electron chi connectivity index (χ4n) is 2.37. The molecule has 0 aromatic heterocycles. The zero-order valence-electron chi connectivity index (χ0n) is 13.6. The van der Waals surface area contributed by atoms with E-state index in [0.29, 0.717) is 12.2 Å². The summed E-state index contributed by atoms with van der Waals surface area (Å²) in [6.07, 6.45) is 0.119. The molecule has 3 heteroatoms. The standard InChI is InChI=1S/C19H23NO2/c1-5-18(22-17-8-6-13(2)7-9-17)19(21)20-16-11-14(3)10-15(4)12-16/h6-12,18H,5H2,1-4H3,(H,20,21)/t18-/m0/s1. The number of ether oxygens (including phenoxy) is 1. The van der Waals surface area contributed by atoms with E-state index >= 15 is 0 Å². The molecule has 0 bridgehead atoms. The minimum Gasteiger partial charge on any atom is -0.481 e. The van der Waals surface area contributed by atoms with E-state index < -0.39 is 6.10 Å². The fraction of sp³-hybridized carbons (Fsp3) is 0.316. The summed E-state index contributed by atoms with van der Waals surface area (Å²) in [5, 5.41) is 2.94. The van der Waals surface area contributed by atoms with Gasteiger partial charge in [-0.25, -0.2) is 0 Å². The largest absolute Gasteiger partial charge is 0.481 e. The van der Waals surface area contributed by atoms with E-state index in [9.17, 15) is 4.79 Å². The molecule has 0 radical (unpaired) electrons. The lowest BCUT2D eigenvalue weighted by atomic mass is 10.1. The van der Waals surface area contributed by atoms with Crippen LogP contribution in [0.1, 0.15) is 30.0 Å². The smallest absolute Gasteiger partial charge is 0.265 e. The van der Waals surface area contributed by atoms with Gasteiger partial charge in [0.2, 0.25) is 0 Å². The first-order valence-electron chi connectivity index (χ1n) is 7.60. The molecule has 116 valence electrons. The molecule has 0 saturated carbocycles. The Balaban J connectivity index is 2.06. The molecule has 1 atom stereocenters. The first-order valence-corrected chi connectivity index (χ1v) is 7.60. The van der Waals surface area contributed by atoms with Gasteiger partial charge >= 0.3 is 0 Å². The van der Waals surface area contributed by atoms with Crippen LogP contribution < -0.4 is 10.1 Å². The average molecular weight is 297 g/mol. The molecule has 0 heterocycles. The predicted molar refractivity (Wildman–Crippen MR) is 90.4 cm³/mol. The van der Waals surface area contributed by atoms with Crippen molar-refractivity contribution in [1.29, 1.82) is 0 Å². The lowest BCUT2D eigenvalue weighted by Crippen LogP contribution is -2.32. The molecule has 0 aliphatic heterocycles. The Labute approximate surface area is 132 Å². The highest BCUT2D eigenvalue weighted by atomic mass is 16.5. The van der Waals surface area contributed by atoms with Crippen molar-refractivity contribution < 1.29 is 9.53 Å². The monoisotopic (exact) mass is 297 g/mol. The van der Waals surface area contributed by atoms with E-state index in [4.69, 9.17) is 4.74 Å². The summed E-state index contributed by atoms with van der Waals surface area (Å²) in [7, 11) is 0. The van der Waals surface area contributed by atoms with Gasteiger partial charge in [0.25, 0.3) is 5.91 Å². The summed E-state index contributed by atoms with van der Waals surface area (Å²) < 4.78 is 5.80. The third-order valence-electron chi connectivity index (χ3n) is 3.45.